The number of nitrogens with two attached hydrogens (primary N) is 1. The maximum absolute atomic E-state index is 11.4. The Morgan fingerprint density at radius 2 is 2.33 bits per heavy atom. The topological polar surface area (TPSA) is 64.8 Å². The van der Waals surface area contributed by atoms with E-state index in [1.165, 1.54) is 7.11 Å². The Morgan fingerprint density at radius 3 is 3.06 bits per heavy atom. The zero-order valence-electron chi connectivity index (χ0n) is 10.5. The number of nitrogens with zero attached hydrogens (tertiary/aromatic N) is 1. The predicted octanol–water partition coefficient (Wildman–Crippen LogP) is 1.88. The molecule has 1 aromatic carbocycles. The molecule has 1 unspecified atom stereocenters. The van der Waals surface area contributed by atoms with Crippen molar-refractivity contribution in [2.45, 2.75) is 18.9 Å². The Hall–Kier alpha value is -1.91. The van der Waals surface area contributed by atoms with Crippen LogP contribution in [0, 0.1) is 0 Å². The van der Waals surface area contributed by atoms with Crippen LogP contribution in [0.2, 0.25) is 0 Å². The molecule has 0 aromatic heterocycles. The van der Waals surface area contributed by atoms with E-state index in [9.17, 15) is 4.79 Å². The average Bonchev–Trinajstić information content (AvgIpc) is 2.38. The second kappa shape index (κ2) is 5.62. The van der Waals surface area contributed by atoms with Crippen LogP contribution in [0.5, 0.6) is 5.75 Å². The maximum atomic E-state index is 11.4. The highest BCUT2D eigenvalue weighted by Crippen LogP contribution is 2.20. The van der Waals surface area contributed by atoms with Crippen LogP contribution in [0.4, 0.5) is 10.5 Å². The monoisotopic (exact) mass is 250 g/mol. The molecule has 1 fully saturated rings. The van der Waals surface area contributed by atoms with Gasteiger partial charge in [0.25, 0.3) is 0 Å². The van der Waals surface area contributed by atoms with Gasteiger partial charge in [0.2, 0.25) is 0 Å². The number of amides is 1. The summed E-state index contributed by atoms with van der Waals surface area (Å²) in [6.07, 6.45) is 1.56. The highest BCUT2D eigenvalue weighted by molar-refractivity contribution is 5.67. The molecule has 1 saturated heterocycles. The van der Waals surface area contributed by atoms with E-state index < -0.39 is 0 Å². The fraction of sp³-hybridized carbons (Fsp3) is 0.462. The minimum Gasteiger partial charge on any atom is -0.489 e. The summed E-state index contributed by atoms with van der Waals surface area (Å²) in [6, 6.07) is 7.32. The third kappa shape index (κ3) is 3.06. The summed E-state index contributed by atoms with van der Waals surface area (Å²) in [6.45, 7) is 1.28. The van der Waals surface area contributed by atoms with E-state index in [4.69, 9.17) is 15.2 Å². The number of piperidine rings is 1. The smallest absolute Gasteiger partial charge is 0.409 e. The molecule has 0 radical (unpaired) electrons. The fourth-order valence-corrected chi connectivity index (χ4v) is 2.11. The Morgan fingerprint density at radius 1 is 1.50 bits per heavy atom. The molecule has 0 aliphatic carbocycles. The summed E-state index contributed by atoms with van der Waals surface area (Å²) in [5.74, 6) is 0.742. The van der Waals surface area contributed by atoms with Crippen LogP contribution in [0.25, 0.3) is 0 Å². The van der Waals surface area contributed by atoms with Crippen molar-refractivity contribution in [3.05, 3.63) is 24.3 Å². The molecule has 1 aromatic rings. The Labute approximate surface area is 106 Å². The molecule has 18 heavy (non-hydrogen) atoms. The lowest BCUT2D eigenvalue weighted by atomic mass is 10.1. The van der Waals surface area contributed by atoms with Crippen LogP contribution in [-0.4, -0.2) is 37.3 Å². The zero-order valence-corrected chi connectivity index (χ0v) is 10.5. The molecular weight excluding hydrogens is 232 g/mol. The molecular formula is C13H18N2O3. The van der Waals surface area contributed by atoms with Crippen LogP contribution in [0.15, 0.2) is 24.3 Å². The summed E-state index contributed by atoms with van der Waals surface area (Å²) in [5, 5.41) is 0. The van der Waals surface area contributed by atoms with Gasteiger partial charge in [0.15, 0.2) is 0 Å². The number of hydrogen-bond donors (Lipinski definition) is 1. The summed E-state index contributed by atoms with van der Waals surface area (Å²) in [7, 11) is 1.39. The third-order valence-electron chi connectivity index (χ3n) is 2.97. The standard InChI is InChI=1S/C13H18N2O3/c1-17-13(16)15-7-3-6-12(9-15)18-11-5-2-4-10(14)8-11/h2,4-5,8,12H,3,6-7,9,14H2,1H3. The van der Waals surface area contributed by atoms with Crippen molar-refractivity contribution < 1.29 is 14.3 Å². The van der Waals surface area contributed by atoms with Crippen molar-refractivity contribution in [2.24, 2.45) is 0 Å². The number of nitrogen functional groups attached to an aromatic ring is 1. The Bertz CT molecular complexity index is 422. The molecule has 98 valence electrons. The van der Waals surface area contributed by atoms with E-state index in [0.717, 1.165) is 25.1 Å². The maximum Gasteiger partial charge on any atom is 0.409 e. The predicted molar refractivity (Wildman–Crippen MR) is 68.5 cm³/mol. The normalized spacial score (nSPS) is 19.4. The van der Waals surface area contributed by atoms with Crippen molar-refractivity contribution >= 4 is 11.8 Å². The first kappa shape index (κ1) is 12.5. The number of carbonyl (C=O) groups is 1. The molecule has 1 aliphatic rings. The van der Waals surface area contributed by atoms with Gasteiger partial charge in [-0.15, -0.1) is 0 Å². The van der Waals surface area contributed by atoms with E-state index >= 15 is 0 Å². The van der Waals surface area contributed by atoms with Crippen LogP contribution in [-0.2, 0) is 4.74 Å². The molecule has 2 N–H and O–H groups in total. The van der Waals surface area contributed by atoms with Gasteiger partial charge in [-0.25, -0.2) is 4.79 Å². The van der Waals surface area contributed by atoms with Gasteiger partial charge in [-0.3, -0.25) is 0 Å². The summed E-state index contributed by atoms with van der Waals surface area (Å²) in [5.41, 5.74) is 6.37. The molecule has 1 aliphatic heterocycles. The lowest BCUT2D eigenvalue weighted by Crippen LogP contribution is -2.44. The number of anilines is 1. The number of likely N-dealkylation sites (tertiary alicyclic amines) is 1. The average molecular weight is 250 g/mol. The van der Waals surface area contributed by atoms with Gasteiger partial charge in [-0.05, 0) is 25.0 Å². The van der Waals surface area contributed by atoms with Gasteiger partial charge < -0.3 is 20.1 Å². The van der Waals surface area contributed by atoms with Crippen molar-refractivity contribution in [3.8, 4) is 5.75 Å². The van der Waals surface area contributed by atoms with Crippen molar-refractivity contribution in [1.29, 1.82) is 0 Å². The van der Waals surface area contributed by atoms with Crippen LogP contribution < -0.4 is 10.5 Å². The lowest BCUT2D eigenvalue weighted by molar-refractivity contribution is 0.0694. The van der Waals surface area contributed by atoms with Crippen LogP contribution in [0.1, 0.15) is 12.8 Å². The molecule has 0 spiro atoms. The number of rotatable bonds is 2. The van der Waals surface area contributed by atoms with Crippen molar-refractivity contribution in [2.75, 3.05) is 25.9 Å². The number of hydrogen-bond acceptors (Lipinski definition) is 4. The van der Waals surface area contributed by atoms with Gasteiger partial charge in [0.1, 0.15) is 11.9 Å². The van der Waals surface area contributed by atoms with E-state index in [-0.39, 0.29) is 12.2 Å². The molecule has 5 nitrogen and oxygen atoms in total. The minimum absolute atomic E-state index is 0.000324. The Balaban J connectivity index is 1.95. The van der Waals surface area contributed by atoms with Crippen LogP contribution >= 0.6 is 0 Å². The first-order valence-electron chi connectivity index (χ1n) is 6.04. The summed E-state index contributed by atoms with van der Waals surface area (Å²) in [4.78, 5) is 13.1. The van der Waals surface area contributed by atoms with E-state index in [1.807, 2.05) is 18.2 Å². The molecule has 2 rings (SSSR count). The first-order valence-corrected chi connectivity index (χ1v) is 6.04. The van der Waals surface area contributed by atoms with Gasteiger partial charge in [-0.2, -0.15) is 0 Å². The third-order valence-corrected chi connectivity index (χ3v) is 2.97. The highest BCUT2D eigenvalue weighted by atomic mass is 16.5. The largest absolute Gasteiger partial charge is 0.489 e. The molecule has 1 atom stereocenters. The lowest BCUT2D eigenvalue weighted by Gasteiger charge is -2.31. The van der Waals surface area contributed by atoms with Crippen molar-refractivity contribution in [1.82, 2.24) is 4.90 Å². The van der Waals surface area contributed by atoms with Gasteiger partial charge in [0, 0.05) is 18.3 Å². The van der Waals surface area contributed by atoms with Gasteiger partial charge >= 0.3 is 6.09 Å². The summed E-state index contributed by atoms with van der Waals surface area (Å²) < 4.78 is 10.6. The van der Waals surface area contributed by atoms with Gasteiger partial charge in [0.05, 0.1) is 13.7 Å². The SMILES string of the molecule is COC(=O)N1CCCC(Oc2cccc(N)c2)C1. The van der Waals surface area contributed by atoms with E-state index in [1.54, 1.807) is 11.0 Å². The number of carbonyl (C=O) groups excluding carboxylic acids is 1. The molecule has 1 amide bonds. The number of benzene rings is 1. The highest BCUT2D eigenvalue weighted by Gasteiger charge is 2.25. The molecule has 0 saturated carbocycles. The quantitative estimate of drug-likeness (QED) is 0.814. The number of ether oxygens (including phenoxy) is 2. The molecule has 1 heterocycles. The van der Waals surface area contributed by atoms with E-state index in [2.05, 4.69) is 0 Å². The Kier molecular flexibility index (Phi) is 3.92. The summed E-state index contributed by atoms with van der Waals surface area (Å²) >= 11 is 0. The van der Waals surface area contributed by atoms with Crippen LogP contribution in [0.3, 0.4) is 0 Å². The number of methoxy groups -OCH3 is 1. The first-order chi connectivity index (χ1) is 8.69. The van der Waals surface area contributed by atoms with E-state index in [0.29, 0.717) is 12.2 Å². The minimum atomic E-state index is -0.295. The zero-order chi connectivity index (χ0) is 13.0. The second-order valence-electron chi connectivity index (χ2n) is 4.37. The molecule has 0 bridgehead atoms. The van der Waals surface area contributed by atoms with Gasteiger partial charge in [-0.1, -0.05) is 6.07 Å². The second-order valence-corrected chi connectivity index (χ2v) is 4.37. The van der Waals surface area contributed by atoms with Crippen molar-refractivity contribution in [3.63, 3.8) is 0 Å². The fourth-order valence-electron chi connectivity index (χ4n) is 2.11. The molecule has 5 heteroatoms.